The SMILES string of the molecule is COc1ccccc1-c1nn(-c2ccccc2)cc1/C=N\N1CCCCC1. The highest BCUT2D eigenvalue weighted by atomic mass is 16.5. The molecule has 0 spiro atoms. The highest BCUT2D eigenvalue weighted by molar-refractivity contribution is 5.90. The molecule has 0 N–H and O–H groups in total. The Bertz CT molecular complexity index is 911. The maximum atomic E-state index is 5.56. The number of rotatable bonds is 5. The van der Waals surface area contributed by atoms with Crippen molar-refractivity contribution in [1.82, 2.24) is 14.8 Å². The molecule has 1 aliphatic heterocycles. The van der Waals surface area contributed by atoms with Gasteiger partial charge in [0.25, 0.3) is 0 Å². The summed E-state index contributed by atoms with van der Waals surface area (Å²) in [6.07, 6.45) is 7.68. The van der Waals surface area contributed by atoms with Crippen molar-refractivity contribution in [2.75, 3.05) is 20.2 Å². The van der Waals surface area contributed by atoms with Crippen LogP contribution >= 0.6 is 0 Å². The first-order valence-corrected chi connectivity index (χ1v) is 9.42. The third kappa shape index (κ3) is 3.87. The van der Waals surface area contributed by atoms with E-state index in [0.29, 0.717) is 0 Å². The third-order valence-electron chi connectivity index (χ3n) is 4.82. The maximum absolute atomic E-state index is 5.56. The van der Waals surface area contributed by atoms with Crippen molar-refractivity contribution in [3.63, 3.8) is 0 Å². The van der Waals surface area contributed by atoms with Gasteiger partial charge in [-0.15, -0.1) is 0 Å². The third-order valence-corrected chi connectivity index (χ3v) is 4.82. The fraction of sp³-hybridized carbons (Fsp3) is 0.273. The Hall–Kier alpha value is -3.08. The standard InChI is InChI=1S/C22H24N4O/c1-27-21-13-7-6-12-20(21)22-18(16-23-25-14-8-3-9-15-25)17-26(24-22)19-10-4-2-5-11-19/h2,4-7,10-13,16-17H,3,8-9,14-15H2,1H3/b23-16-. The Morgan fingerprint density at radius 1 is 0.963 bits per heavy atom. The highest BCUT2D eigenvalue weighted by Crippen LogP contribution is 2.31. The zero-order valence-electron chi connectivity index (χ0n) is 15.6. The van der Waals surface area contributed by atoms with Gasteiger partial charge in [0.05, 0.1) is 19.0 Å². The second-order valence-corrected chi connectivity index (χ2v) is 6.67. The van der Waals surface area contributed by atoms with Crippen molar-refractivity contribution in [1.29, 1.82) is 0 Å². The molecular weight excluding hydrogens is 336 g/mol. The molecule has 27 heavy (non-hydrogen) atoms. The molecule has 1 fully saturated rings. The minimum absolute atomic E-state index is 0.809. The van der Waals surface area contributed by atoms with E-state index in [0.717, 1.165) is 41.3 Å². The van der Waals surface area contributed by atoms with Gasteiger partial charge >= 0.3 is 0 Å². The molecule has 4 rings (SSSR count). The molecule has 1 saturated heterocycles. The highest BCUT2D eigenvalue weighted by Gasteiger charge is 2.15. The molecule has 138 valence electrons. The van der Waals surface area contributed by atoms with Crippen LogP contribution in [0, 0.1) is 0 Å². The average Bonchev–Trinajstić information content (AvgIpc) is 3.18. The number of aromatic nitrogens is 2. The van der Waals surface area contributed by atoms with E-state index in [2.05, 4.69) is 5.01 Å². The molecule has 2 aromatic carbocycles. The second kappa shape index (κ2) is 8.08. The van der Waals surface area contributed by atoms with Gasteiger partial charge in [-0.25, -0.2) is 4.68 Å². The fourth-order valence-electron chi connectivity index (χ4n) is 3.38. The van der Waals surface area contributed by atoms with Gasteiger partial charge in [-0.2, -0.15) is 10.2 Å². The predicted octanol–water partition coefficient (Wildman–Crippen LogP) is 4.37. The number of hydrogen-bond donors (Lipinski definition) is 0. The number of piperidine rings is 1. The molecule has 5 nitrogen and oxygen atoms in total. The van der Waals surface area contributed by atoms with Gasteiger partial charge in [0.15, 0.2) is 0 Å². The lowest BCUT2D eigenvalue weighted by molar-refractivity contribution is 0.240. The van der Waals surface area contributed by atoms with E-state index in [1.54, 1.807) is 7.11 Å². The van der Waals surface area contributed by atoms with Crippen molar-refractivity contribution in [2.24, 2.45) is 5.10 Å². The van der Waals surface area contributed by atoms with Crippen LogP contribution in [0.2, 0.25) is 0 Å². The Morgan fingerprint density at radius 2 is 1.70 bits per heavy atom. The Balaban J connectivity index is 1.75. The van der Waals surface area contributed by atoms with Crippen LogP contribution in [0.25, 0.3) is 16.9 Å². The van der Waals surface area contributed by atoms with Crippen molar-refractivity contribution in [2.45, 2.75) is 19.3 Å². The number of para-hydroxylation sites is 2. The first-order valence-electron chi connectivity index (χ1n) is 9.42. The van der Waals surface area contributed by atoms with E-state index < -0.39 is 0 Å². The first kappa shape index (κ1) is 17.3. The molecular formula is C22H24N4O. The molecule has 0 aliphatic carbocycles. The molecule has 0 amide bonds. The van der Waals surface area contributed by atoms with Crippen LogP contribution in [0.1, 0.15) is 24.8 Å². The van der Waals surface area contributed by atoms with Crippen LogP contribution in [0.5, 0.6) is 5.75 Å². The summed E-state index contributed by atoms with van der Waals surface area (Å²) in [5.74, 6) is 0.809. The summed E-state index contributed by atoms with van der Waals surface area (Å²) in [6, 6.07) is 18.1. The zero-order chi connectivity index (χ0) is 18.5. The van der Waals surface area contributed by atoms with E-state index in [1.807, 2.05) is 71.7 Å². The van der Waals surface area contributed by atoms with E-state index in [1.165, 1.54) is 19.3 Å². The van der Waals surface area contributed by atoms with Crippen molar-refractivity contribution in [3.8, 4) is 22.7 Å². The van der Waals surface area contributed by atoms with E-state index in [-0.39, 0.29) is 0 Å². The number of benzene rings is 2. The van der Waals surface area contributed by atoms with Crippen LogP contribution in [0.4, 0.5) is 0 Å². The Kier molecular flexibility index (Phi) is 5.19. The quantitative estimate of drug-likeness (QED) is 0.635. The van der Waals surface area contributed by atoms with Crippen molar-refractivity contribution < 1.29 is 4.74 Å². The van der Waals surface area contributed by atoms with Gasteiger partial charge in [0, 0.05) is 30.4 Å². The van der Waals surface area contributed by atoms with Gasteiger partial charge in [-0.3, -0.25) is 5.01 Å². The Labute approximate surface area is 159 Å². The largest absolute Gasteiger partial charge is 0.496 e. The molecule has 1 aromatic heterocycles. The molecule has 2 heterocycles. The van der Waals surface area contributed by atoms with Gasteiger partial charge in [0.1, 0.15) is 11.4 Å². The van der Waals surface area contributed by atoms with Crippen LogP contribution in [0.3, 0.4) is 0 Å². The monoisotopic (exact) mass is 360 g/mol. The van der Waals surface area contributed by atoms with E-state index in [4.69, 9.17) is 14.9 Å². The molecule has 0 atom stereocenters. The topological polar surface area (TPSA) is 42.6 Å². The molecule has 3 aromatic rings. The van der Waals surface area contributed by atoms with Gasteiger partial charge < -0.3 is 4.74 Å². The average molecular weight is 360 g/mol. The first-order chi connectivity index (χ1) is 13.3. The minimum atomic E-state index is 0.809. The summed E-state index contributed by atoms with van der Waals surface area (Å²) in [7, 11) is 1.69. The summed E-state index contributed by atoms with van der Waals surface area (Å²) < 4.78 is 7.46. The lowest BCUT2D eigenvalue weighted by Crippen LogP contribution is -2.24. The van der Waals surface area contributed by atoms with Crippen LogP contribution in [0.15, 0.2) is 65.9 Å². The lowest BCUT2D eigenvalue weighted by atomic mass is 10.1. The summed E-state index contributed by atoms with van der Waals surface area (Å²) in [5.41, 5.74) is 3.84. The number of ether oxygens (including phenoxy) is 1. The summed E-state index contributed by atoms with van der Waals surface area (Å²) in [6.45, 7) is 2.04. The molecule has 5 heteroatoms. The van der Waals surface area contributed by atoms with Crippen LogP contribution in [-0.2, 0) is 0 Å². The number of hydrogen-bond acceptors (Lipinski definition) is 4. The normalized spacial score (nSPS) is 14.6. The fourth-order valence-corrected chi connectivity index (χ4v) is 3.38. The summed E-state index contributed by atoms with van der Waals surface area (Å²) in [5, 5.41) is 11.7. The second-order valence-electron chi connectivity index (χ2n) is 6.67. The molecule has 0 saturated carbocycles. The van der Waals surface area contributed by atoms with Crippen molar-refractivity contribution >= 4 is 6.21 Å². The zero-order valence-corrected chi connectivity index (χ0v) is 15.6. The predicted molar refractivity (Wildman–Crippen MR) is 109 cm³/mol. The summed E-state index contributed by atoms with van der Waals surface area (Å²) in [4.78, 5) is 0. The van der Waals surface area contributed by atoms with Gasteiger partial charge in [-0.05, 0) is 43.5 Å². The maximum Gasteiger partial charge on any atom is 0.128 e. The number of hydrazone groups is 1. The van der Waals surface area contributed by atoms with Crippen LogP contribution in [-0.4, -0.2) is 41.2 Å². The smallest absolute Gasteiger partial charge is 0.128 e. The summed E-state index contributed by atoms with van der Waals surface area (Å²) >= 11 is 0. The molecule has 0 bridgehead atoms. The van der Waals surface area contributed by atoms with E-state index >= 15 is 0 Å². The molecule has 0 unspecified atom stereocenters. The van der Waals surface area contributed by atoms with Crippen LogP contribution < -0.4 is 4.74 Å². The van der Waals surface area contributed by atoms with Crippen molar-refractivity contribution in [3.05, 3.63) is 66.4 Å². The molecule has 0 radical (unpaired) electrons. The molecule has 1 aliphatic rings. The van der Waals surface area contributed by atoms with Gasteiger partial charge in [-0.1, -0.05) is 30.3 Å². The van der Waals surface area contributed by atoms with E-state index in [9.17, 15) is 0 Å². The lowest BCUT2D eigenvalue weighted by Gasteiger charge is -2.23. The number of nitrogens with zero attached hydrogens (tertiary/aromatic N) is 4. The minimum Gasteiger partial charge on any atom is -0.496 e. The Morgan fingerprint density at radius 3 is 2.48 bits per heavy atom. The number of methoxy groups -OCH3 is 1. The van der Waals surface area contributed by atoms with Gasteiger partial charge in [0.2, 0.25) is 0 Å².